The summed E-state index contributed by atoms with van der Waals surface area (Å²) < 4.78 is 1.59. The monoisotopic (exact) mass is 245 g/mol. The van der Waals surface area contributed by atoms with Gasteiger partial charge in [0.15, 0.2) is 0 Å². The Hall–Kier alpha value is -1.83. The molecule has 0 unspecified atom stereocenters. The minimum atomic E-state index is -0.0961. The van der Waals surface area contributed by atoms with Crippen LogP contribution in [0.3, 0.4) is 0 Å². The lowest BCUT2D eigenvalue weighted by Gasteiger charge is -1.97. The van der Waals surface area contributed by atoms with Crippen molar-refractivity contribution in [3.05, 3.63) is 49.2 Å². The number of aromatic nitrogens is 1. The minimum absolute atomic E-state index is 0.0961. The second kappa shape index (κ2) is 9.23. The summed E-state index contributed by atoms with van der Waals surface area (Å²) in [5.41, 5.74) is 0.924. The van der Waals surface area contributed by atoms with Crippen molar-refractivity contribution in [1.82, 2.24) is 4.57 Å². The van der Waals surface area contributed by atoms with Gasteiger partial charge >= 0.3 is 0 Å². The highest BCUT2D eigenvalue weighted by Crippen LogP contribution is 2.14. The zero-order valence-corrected chi connectivity index (χ0v) is 11.8. The van der Waals surface area contributed by atoms with Crippen molar-refractivity contribution < 1.29 is 4.79 Å². The fourth-order valence-electron chi connectivity index (χ4n) is 1.37. The Kier molecular flexibility index (Phi) is 8.29. The third kappa shape index (κ3) is 4.21. The smallest absolute Gasteiger partial charge is 0.254 e. The second-order valence-corrected chi connectivity index (χ2v) is 3.49. The number of carbonyl (C=O) groups excluding carboxylic acids is 1. The lowest BCUT2D eigenvalue weighted by molar-refractivity contribution is 0.0974. The maximum absolute atomic E-state index is 11.3. The molecule has 0 bridgehead atoms. The molecule has 0 aliphatic carbocycles. The Labute approximate surface area is 110 Å². The van der Waals surface area contributed by atoms with Crippen molar-refractivity contribution in [2.24, 2.45) is 0 Å². The van der Waals surface area contributed by atoms with E-state index < -0.39 is 0 Å². The normalized spacial score (nSPS) is 8.67. The molecule has 1 heterocycles. The second-order valence-electron chi connectivity index (χ2n) is 3.49. The first-order valence-corrected chi connectivity index (χ1v) is 6.47. The Morgan fingerprint density at radius 1 is 1.22 bits per heavy atom. The van der Waals surface area contributed by atoms with E-state index in [9.17, 15) is 4.79 Å². The Bertz CT molecular complexity index is 483. The van der Waals surface area contributed by atoms with Gasteiger partial charge in [0.25, 0.3) is 5.91 Å². The quantitative estimate of drug-likeness (QED) is 0.654. The molecule has 0 N–H and O–H groups in total. The Morgan fingerprint density at radius 2 is 1.78 bits per heavy atom. The summed E-state index contributed by atoms with van der Waals surface area (Å²) in [6.07, 6.45) is 4.32. The largest absolute Gasteiger partial charge is 0.284 e. The van der Waals surface area contributed by atoms with Crippen LogP contribution < -0.4 is 0 Å². The fraction of sp³-hybridized carbons (Fsp3) is 0.312. The molecule has 0 radical (unpaired) electrons. The molecule has 0 spiro atoms. The topological polar surface area (TPSA) is 22.0 Å². The van der Waals surface area contributed by atoms with Gasteiger partial charge in [0.2, 0.25) is 0 Å². The van der Waals surface area contributed by atoms with Crippen LogP contribution in [0.25, 0.3) is 10.9 Å². The predicted molar refractivity (Wildman–Crippen MR) is 80.1 cm³/mol. The highest BCUT2D eigenvalue weighted by molar-refractivity contribution is 5.97. The van der Waals surface area contributed by atoms with Crippen molar-refractivity contribution in [2.45, 2.75) is 34.1 Å². The van der Waals surface area contributed by atoms with Crippen molar-refractivity contribution in [1.29, 1.82) is 0 Å². The minimum Gasteiger partial charge on any atom is -0.284 e. The number of benzene rings is 1. The Balaban J connectivity index is 0.000000509. The maximum atomic E-state index is 11.3. The van der Waals surface area contributed by atoms with Crippen molar-refractivity contribution in [2.75, 3.05) is 0 Å². The van der Waals surface area contributed by atoms with E-state index in [0.29, 0.717) is 0 Å². The number of carbonyl (C=O) groups is 1. The summed E-state index contributed by atoms with van der Waals surface area (Å²) in [4.78, 5) is 11.3. The molecule has 1 aromatic heterocycles. The zero-order valence-electron chi connectivity index (χ0n) is 11.8. The van der Waals surface area contributed by atoms with Crippen LogP contribution in [0.4, 0.5) is 0 Å². The highest BCUT2D eigenvalue weighted by Gasteiger charge is 2.03. The van der Waals surface area contributed by atoms with Gasteiger partial charge in [-0.2, -0.15) is 0 Å². The SMILES string of the molecule is C=CC(=O)n1ccc2ccccc21.CC.CCC. The molecule has 2 aromatic rings. The van der Waals surface area contributed by atoms with E-state index in [1.54, 1.807) is 10.8 Å². The summed E-state index contributed by atoms with van der Waals surface area (Å²) in [6, 6.07) is 9.66. The third-order valence-corrected chi connectivity index (χ3v) is 2.01. The zero-order chi connectivity index (χ0) is 14.0. The van der Waals surface area contributed by atoms with Gasteiger partial charge in [0.05, 0.1) is 5.52 Å². The van der Waals surface area contributed by atoms with E-state index in [4.69, 9.17) is 0 Å². The van der Waals surface area contributed by atoms with E-state index in [1.165, 1.54) is 12.5 Å². The number of nitrogens with zero attached hydrogens (tertiary/aromatic N) is 1. The van der Waals surface area contributed by atoms with Gasteiger partial charge in [-0.1, -0.05) is 58.9 Å². The van der Waals surface area contributed by atoms with Crippen LogP contribution >= 0.6 is 0 Å². The average Bonchev–Trinajstić information content (AvgIpc) is 2.85. The molecule has 0 aliphatic heterocycles. The first-order valence-electron chi connectivity index (χ1n) is 6.47. The lowest BCUT2D eigenvalue weighted by Crippen LogP contribution is -2.04. The van der Waals surface area contributed by atoms with Crippen LogP contribution in [-0.2, 0) is 0 Å². The summed E-state index contributed by atoms with van der Waals surface area (Å²) in [6.45, 7) is 11.7. The van der Waals surface area contributed by atoms with Crippen LogP contribution in [0.2, 0.25) is 0 Å². The van der Waals surface area contributed by atoms with Gasteiger partial charge in [-0.15, -0.1) is 0 Å². The molecule has 1 aromatic carbocycles. The fourth-order valence-corrected chi connectivity index (χ4v) is 1.37. The first kappa shape index (κ1) is 16.2. The van der Waals surface area contributed by atoms with Crippen molar-refractivity contribution in [3.63, 3.8) is 0 Å². The number of hydrogen-bond acceptors (Lipinski definition) is 1. The van der Waals surface area contributed by atoms with Gasteiger partial charge in [0.1, 0.15) is 0 Å². The standard InChI is InChI=1S/C11H9NO.C3H8.C2H6/c1-2-11(13)12-8-7-9-5-3-4-6-10(9)12;1-3-2;1-2/h2-8H,1H2;3H2,1-2H3;1-2H3. The molecule has 0 saturated heterocycles. The predicted octanol–water partition coefficient (Wildman–Crippen LogP) is 4.91. The molecule has 0 saturated carbocycles. The molecule has 2 heteroatoms. The Morgan fingerprint density at radius 3 is 2.33 bits per heavy atom. The number of para-hydroxylation sites is 1. The van der Waals surface area contributed by atoms with Gasteiger partial charge in [-0.3, -0.25) is 9.36 Å². The third-order valence-electron chi connectivity index (χ3n) is 2.01. The lowest BCUT2D eigenvalue weighted by atomic mass is 10.2. The van der Waals surface area contributed by atoms with E-state index in [2.05, 4.69) is 20.4 Å². The molecular weight excluding hydrogens is 222 g/mol. The molecule has 0 atom stereocenters. The molecule has 0 amide bonds. The molecule has 0 aliphatic rings. The number of allylic oxidation sites excluding steroid dienone is 1. The number of hydrogen-bond donors (Lipinski definition) is 0. The van der Waals surface area contributed by atoms with Crippen LogP contribution in [-0.4, -0.2) is 10.5 Å². The van der Waals surface area contributed by atoms with E-state index in [1.807, 2.05) is 44.2 Å². The highest BCUT2D eigenvalue weighted by atomic mass is 16.1. The average molecular weight is 245 g/mol. The molecule has 98 valence electrons. The van der Waals surface area contributed by atoms with Gasteiger partial charge in [0, 0.05) is 11.6 Å². The summed E-state index contributed by atoms with van der Waals surface area (Å²) in [5, 5.41) is 1.07. The maximum Gasteiger partial charge on any atom is 0.254 e. The van der Waals surface area contributed by atoms with E-state index in [0.717, 1.165) is 10.9 Å². The summed E-state index contributed by atoms with van der Waals surface area (Å²) >= 11 is 0. The van der Waals surface area contributed by atoms with Crippen LogP contribution in [0.15, 0.2) is 49.2 Å². The van der Waals surface area contributed by atoms with Gasteiger partial charge in [-0.05, 0) is 18.2 Å². The van der Waals surface area contributed by atoms with Gasteiger partial charge < -0.3 is 0 Å². The summed E-state index contributed by atoms with van der Waals surface area (Å²) in [5.74, 6) is -0.0961. The van der Waals surface area contributed by atoms with Crippen molar-refractivity contribution >= 4 is 16.8 Å². The van der Waals surface area contributed by atoms with E-state index in [-0.39, 0.29) is 5.91 Å². The number of rotatable bonds is 1. The molecular formula is C16H23NO. The van der Waals surface area contributed by atoms with Crippen molar-refractivity contribution in [3.8, 4) is 0 Å². The molecule has 2 rings (SSSR count). The first-order chi connectivity index (χ1) is 8.74. The van der Waals surface area contributed by atoms with E-state index >= 15 is 0 Å². The summed E-state index contributed by atoms with van der Waals surface area (Å²) in [7, 11) is 0. The molecule has 2 nitrogen and oxygen atoms in total. The van der Waals surface area contributed by atoms with Crippen LogP contribution in [0, 0.1) is 0 Å². The van der Waals surface area contributed by atoms with Crippen LogP contribution in [0.1, 0.15) is 38.9 Å². The number of fused-ring (bicyclic) bond motifs is 1. The molecule has 0 fully saturated rings. The van der Waals surface area contributed by atoms with Gasteiger partial charge in [-0.25, -0.2) is 0 Å². The molecule has 18 heavy (non-hydrogen) atoms. The van der Waals surface area contributed by atoms with Crippen LogP contribution in [0.5, 0.6) is 0 Å².